The number of hydrogen-bond donors (Lipinski definition) is 0. The number of ether oxygens (including phenoxy) is 1. The topological polar surface area (TPSA) is 76.4 Å². The summed E-state index contributed by atoms with van der Waals surface area (Å²) in [5, 5.41) is 12.7. The molecule has 1 fully saturated rings. The number of nitrogens with zero attached hydrogens (tertiary/aromatic N) is 6. The highest BCUT2D eigenvalue weighted by Crippen LogP contribution is 2.32. The number of piperidine rings is 1. The van der Waals surface area contributed by atoms with Gasteiger partial charge in [-0.05, 0) is 38.8 Å². The maximum Gasteiger partial charge on any atom is 0.272 e. The summed E-state index contributed by atoms with van der Waals surface area (Å²) in [6.07, 6.45) is 4.26. The van der Waals surface area contributed by atoms with Crippen molar-refractivity contribution in [3.05, 3.63) is 35.3 Å². The highest BCUT2D eigenvalue weighted by Gasteiger charge is 2.34. The van der Waals surface area contributed by atoms with E-state index in [-0.39, 0.29) is 24.2 Å². The van der Waals surface area contributed by atoms with Crippen LogP contribution in [-0.2, 0) is 18.2 Å². The first-order valence-corrected chi connectivity index (χ1v) is 9.96. The van der Waals surface area contributed by atoms with Crippen LogP contribution in [0.2, 0.25) is 0 Å². The van der Waals surface area contributed by atoms with Crippen LogP contribution in [0, 0.1) is 0 Å². The van der Waals surface area contributed by atoms with Crippen LogP contribution < -0.4 is 4.90 Å². The molecule has 0 aliphatic carbocycles. The molecule has 0 bridgehead atoms. The largest absolute Gasteiger partial charge is 0.369 e. The van der Waals surface area contributed by atoms with Crippen molar-refractivity contribution in [2.45, 2.75) is 51.4 Å². The fourth-order valence-electron chi connectivity index (χ4n) is 4.41. The lowest BCUT2D eigenvalue weighted by Gasteiger charge is -2.37. The standard InChI is InChI=1S/C20H28N6O2/c1-13-12-16-18(14(2)28-13)23-25(4)19(16)20(27)24(3)15-7-10-26(11-8-15)17-6-5-9-21-22-17/h5-6,9,13-15H,7-8,10-12H2,1-4H3/t13-,14+/m1/s1. The van der Waals surface area contributed by atoms with Gasteiger partial charge in [0.1, 0.15) is 5.69 Å². The minimum atomic E-state index is -0.0768. The Kier molecular flexibility index (Phi) is 5.05. The zero-order chi connectivity index (χ0) is 19.8. The number of amides is 1. The van der Waals surface area contributed by atoms with E-state index in [9.17, 15) is 4.79 Å². The van der Waals surface area contributed by atoms with Crippen molar-refractivity contribution in [1.82, 2.24) is 24.9 Å². The molecule has 0 saturated carbocycles. The van der Waals surface area contributed by atoms with E-state index < -0.39 is 0 Å². The molecular weight excluding hydrogens is 356 g/mol. The fourth-order valence-corrected chi connectivity index (χ4v) is 4.41. The predicted molar refractivity (Wildman–Crippen MR) is 105 cm³/mol. The Bertz CT molecular complexity index is 844. The van der Waals surface area contributed by atoms with Crippen LogP contribution in [0.15, 0.2) is 18.3 Å². The molecule has 4 rings (SSSR count). The summed E-state index contributed by atoms with van der Waals surface area (Å²) in [5.74, 6) is 0.953. The van der Waals surface area contributed by atoms with Crippen molar-refractivity contribution in [3.8, 4) is 0 Å². The minimum absolute atomic E-state index is 0.0514. The van der Waals surface area contributed by atoms with Gasteiger partial charge in [-0.25, -0.2) is 0 Å². The highest BCUT2D eigenvalue weighted by molar-refractivity contribution is 5.94. The predicted octanol–water partition coefficient (Wildman–Crippen LogP) is 1.97. The van der Waals surface area contributed by atoms with Gasteiger partial charge in [0.05, 0.1) is 17.9 Å². The number of rotatable bonds is 3. The Hall–Kier alpha value is -2.48. The normalized spacial score (nSPS) is 22.8. The molecular formula is C20H28N6O2. The van der Waals surface area contributed by atoms with Gasteiger partial charge in [-0.15, -0.1) is 5.10 Å². The van der Waals surface area contributed by atoms with E-state index >= 15 is 0 Å². The fraction of sp³-hybridized carbons (Fsp3) is 0.600. The van der Waals surface area contributed by atoms with E-state index in [0.29, 0.717) is 5.69 Å². The third kappa shape index (κ3) is 3.37. The summed E-state index contributed by atoms with van der Waals surface area (Å²) in [5.41, 5.74) is 2.65. The molecule has 8 heteroatoms. The van der Waals surface area contributed by atoms with E-state index in [2.05, 4.69) is 20.2 Å². The number of aryl methyl sites for hydroxylation is 1. The second-order valence-electron chi connectivity index (χ2n) is 7.85. The molecule has 4 heterocycles. The van der Waals surface area contributed by atoms with Gasteiger partial charge in [0.2, 0.25) is 0 Å². The summed E-state index contributed by atoms with van der Waals surface area (Å²) in [6, 6.07) is 4.09. The quantitative estimate of drug-likeness (QED) is 0.805. The molecule has 28 heavy (non-hydrogen) atoms. The zero-order valence-corrected chi connectivity index (χ0v) is 17.0. The lowest BCUT2D eigenvalue weighted by molar-refractivity contribution is -0.00714. The average molecular weight is 384 g/mol. The lowest BCUT2D eigenvalue weighted by Crippen LogP contribution is -2.46. The average Bonchev–Trinajstić information content (AvgIpc) is 3.04. The van der Waals surface area contributed by atoms with E-state index in [1.807, 2.05) is 45.0 Å². The molecule has 0 unspecified atom stereocenters. The molecule has 0 aromatic carbocycles. The van der Waals surface area contributed by atoms with Gasteiger partial charge in [0.15, 0.2) is 5.82 Å². The van der Waals surface area contributed by atoms with Gasteiger partial charge < -0.3 is 14.5 Å². The van der Waals surface area contributed by atoms with Crippen molar-refractivity contribution >= 4 is 11.7 Å². The molecule has 150 valence electrons. The molecule has 2 aromatic heterocycles. The maximum absolute atomic E-state index is 13.4. The highest BCUT2D eigenvalue weighted by atomic mass is 16.5. The first kappa shape index (κ1) is 18.9. The molecule has 2 aliphatic rings. The molecule has 1 saturated heterocycles. The van der Waals surface area contributed by atoms with Gasteiger partial charge in [-0.2, -0.15) is 10.2 Å². The van der Waals surface area contributed by atoms with Crippen LogP contribution in [0.4, 0.5) is 5.82 Å². The van der Waals surface area contributed by atoms with E-state index in [4.69, 9.17) is 4.74 Å². The molecule has 0 spiro atoms. The summed E-state index contributed by atoms with van der Waals surface area (Å²) in [4.78, 5) is 17.5. The van der Waals surface area contributed by atoms with Crippen molar-refractivity contribution in [1.29, 1.82) is 0 Å². The molecule has 0 radical (unpaired) electrons. The van der Waals surface area contributed by atoms with Crippen molar-refractivity contribution in [2.75, 3.05) is 25.0 Å². The molecule has 2 aliphatic heterocycles. The Morgan fingerprint density at radius 1 is 1.29 bits per heavy atom. The number of fused-ring (bicyclic) bond motifs is 1. The minimum Gasteiger partial charge on any atom is -0.369 e. The Labute approximate surface area is 165 Å². The molecule has 2 atom stereocenters. The first-order valence-electron chi connectivity index (χ1n) is 9.96. The molecule has 1 amide bonds. The van der Waals surface area contributed by atoms with Gasteiger partial charge in [0, 0.05) is 51.4 Å². The molecule has 2 aromatic rings. The van der Waals surface area contributed by atoms with Crippen molar-refractivity contribution in [2.24, 2.45) is 7.05 Å². The Morgan fingerprint density at radius 2 is 2.04 bits per heavy atom. The first-order chi connectivity index (χ1) is 13.5. The van der Waals surface area contributed by atoms with Crippen molar-refractivity contribution in [3.63, 3.8) is 0 Å². The SMILES string of the molecule is C[C@@H]1Cc2c(nn(C)c2C(=O)N(C)C2CCN(c3cccnn3)CC2)[C@H](C)O1. The van der Waals surface area contributed by atoms with Crippen LogP contribution in [0.3, 0.4) is 0 Å². The van der Waals surface area contributed by atoms with Crippen LogP contribution in [0.5, 0.6) is 0 Å². The summed E-state index contributed by atoms with van der Waals surface area (Å²) in [6.45, 7) is 5.78. The lowest BCUT2D eigenvalue weighted by atomic mass is 9.98. The third-order valence-electron chi connectivity index (χ3n) is 5.91. The van der Waals surface area contributed by atoms with Gasteiger partial charge in [-0.3, -0.25) is 9.48 Å². The number of hydrogen-bond acceptors (Lipinski definition) is 6. The number of carbonyl (C=O) groups excluding carboxylic acids is 1. The maximum atomic E-state index is 13.4. The number of aromatic nitrogens is 4. The number of anilines is 1. The van der Waals surface area contributed by atoms with Gasteiger partial charge in [0.25, 0.3) is 5.91 Å². The summed E-state index contributed by atoms with van der Waals surface area (Å²) in [7, 11) is 3.77. The smallest absolute Gasteiger partial charge is 0.272 e. The zero-order valence-electron chi connectivity index (χ0n) is 17.0. The van der Waals surface area contributed by atoms with E-state index in [1.165, 1.54) is 0 Å². The van der Waals surface area contributed by atoms with Crippen LogP contribution in [0.1, 0.15) is 54.5 Å². The van der Waals surface area contributed by atoms with Gasteiger partial charge in [-0.1, -0.05) is 0 Å². The van der Waals surface area contributed by atoms with E-state index in [1.54, 1.807) is 10.9 Å². The van der Waals surface area contributed by atoms with Gasteiger partial charge >= 0.3 is 0 Å². The summed E-state index contributed by atoms with van der Waals surface area (Å²) >= 11 is 0. The molecule has 0 N–H and O–H groups in total. The van der Waals surface area contributed by atoms with Crippen LogP contribution in [-0.4, -0.2) is 63.1 Å². The Morgan fingerprint density at radius 3 is 2.71 bits per heavy atom. The monoisotopic (exact) mass is 384 g/mol. The second kappa shape index (κ2) is 7.50. The van der Waals surface area contributed by atoms with Crippen molar-refractivity contribution < 1.29 is 9.53 Å². The van der Waals surface area contributed by atoms with Crippen LogP contribution >= 0.6 is 0 Å². The molecule has 8 nitrogen and oxygen atoms in total. The summed E-state index contributed by atoms with van der Waals surface area (Å²) < 4.78 is 7.61. The third-order valence-corrected chi connectivity index (χ3v) is 5.91. The second-order valence-corrected chi connectivity index (χ2v) is 7.85. The Balaban J connectivity index is 1.48. The van der Waals surface area contributed by atoms with Crippen LogP contribution in [0.25, 0.3) is 0 Å². The number of carbonyl (C=O) groups is 1. The van der Waals surface area contributed by atoms with E-state index in [0.717, 1.165) is 49.4 Å².